The van der Waals surface area contributed by atoms with Gasteiger partial charge in [-0.3, -0.25) is 4.79 Å². The van der Waals surface area contributed by atoms with Gasteiger partial charge in [0, 0.05) is 44.0 Å². The van der Waals surface area contributed by atoms with E-state index in [4.69, 9.17) is 4.42 Å². The Kier molecular flexibility index (Phi) is 7.77. The summed E-state index contributed by atoms with van der Waals surface area (Å²) in [6.45, 7) is 3.11. The van der Waals surface area contributed by atoms with E-state index < -0.39 is 10.0 Å². The van der Waals surface area contributed by atoms with Crippen LogP contribution in [0, 0.1) is 0 Å². The first kappa shape index (κ1) is 21.9. The second-order valence-electron chi connectivity index (χ2n) is 7.04. The molecule has 0 radical (unpaired) electrons. The van der Waals surface area contributed by atoms with Crippen molar-refractivity contribution < 1.29 is 17.6 Å². The van der Waals surface area contributed by atoms with Gasteiger partial charge in [-0.2, -0.15) is 16.1 Å². The van der Waals surface area contributed by atoms with Crippen molar-refractivity contribution >= 4 is 27.7 Å². The van der Waals surface area contributed by atoms with Crippen LogP contribution in [0.5, 0.6) is 0 Å². The third-order valence-corrected chi connectivity index (χ3v) is 7.61. The standard InChI is InChI=1S/C20H27N3O4S2/c1-22-9-11-23(12-10-22)29(25,26)16-17-4-6-18(7-5-17)20(24)21-8-14-28-15-19-3-2-13-27-19/h2-7,13H,8-12,14-16H2,1H3,(H,21,24). The lowest BCUT2D eigenvalue weighted by Crippen LogP contribution is -2.47. The summed E-state index contributed by atoms with van der Waals surface area (Å²) in [5, 5.41) is 2.88. The maximum absolute atomic E-state index is 12.6. The van der Waals surface area contributed by atoms with E-state index in [0.717, 1.165) is 30.4 Å². The molecule has 2 heterocycles. The Morgan fingerprint density at radius 1 is 1.14 bits per heavy atom. The summed E-state index contributed by atoms with van der Waals surface area (Å²) in [6, 6.07) is 10.6. The molecular formula is C20H27N3O4S2. The van der Waals surface area contributed by atoms with Gasteiger partial charge in [-0.1, -0.05) is 12.1 Å². The van der Waals surface area contributed by atoms with Crippen molar-refractivity contribution in [3.05, 3.63) is 59.5 Å². The fraction of sp³-hybridized carbons (Fsp3) is 0.450. The molecule has 1 fully saturated rings. The van der Waals surface area contributed by atoms with Crippen LogP contribution in [0.4, 0.5) is 0 Å². The van der Waals surface area contributed by atoms with Gasteiger partial charge in [0.1, 0.15) is 5.76 Å². The van der Waals surface area contributed by atoms with Gasteiger partial charge in [-0.15, -0.1) is 0 Å². The summed E-state index contributed by atoms with van der Waals surface area (Å²) in [5.41, 5.74) is 1.22. The van der Waals surface area contributed by atoms with Gasteiger partial charge in [0.15, 0.2) is 0 Å². The molecule has 0 unspecified atom stereocenters. The van der Waals surface area contributed by atoms with Crippen molar-refractivity contribution in [2.24, 2.45) is 0 Å². The van der Waals surface area contributed by atoms with Crippen LogP contribution in [0.15, 0.2) is 47.1 Å². The summed E-state index contributed by atoms with van der Waals surface area (Å²) in [6.07, 6.45) is 1.65. The maximum atomic E-state index is 12.6. The Hall–Kier alpha value is -1.81. The first-order valence-electron chi connectivity index (χ1n) is 9.58. The van der Waals surface area contributed by atoms with Gasteiger partial charge in [-0.05, 0) is 36.9 Å². The molecule has 0 spiro atoms. The van der Waals surface area contributed by atoms with E-state index in [1.54, 1.807) is 46.6 Å². The third kappa shape index (κ3) is 6.60. The Morgan fingerprint density at radius 2 is 1.86 bits per heavy atom. The summed E-state index contributed by atoms with van der Waals surface area (Å²) < 4.78 is 32.0. The first-order valence-corrected chi connectivity index (χ1v) is 12.3. The van der Waals surface area contributed by atoms with Crippen molar-refractivity contribution in [3.63, 3.8) is 0 Å². The van der Waals surface area contributed by atoms with Crippen LogP contribution in [-0.4, -0.2) is 69.1 Å². The van der Waals surface area contributed by atoms with E-state index in [0.29, 0.717) is 30.8 Å². The highest BCUT2D eigenvalue weighted by Crippen LogP contribution is 2.15. The van der Waals surface area contributed by atoms with E-state index in [-0.39, 0.29) is 11.7 Å². The SMILES string of the molecule is CN1CCN(S(=O)(=O)Cc2ccc(C(=O)NCCSCc3ccco3)cc2)CC1. The molecule has 3 rings (SSSR count). The second-order valence-corrected chi connectivity index (χ2v) is 10.1. The van der Waals surface area contributed by atoms with Crippen LogP contribution in [0.2, 0.25) is 0 Å². The molecule has 1 aliphatic heterocycles. The van der Waals surface area contributed by atoms with Crippen molar-refractivity contribution in [3.8, 4) is 0 Å². The van der Waals surface area contributed by atoms with E-state index in [2.05, 4.69) is 10.2 Å². The van der Waals surface area contributed by atoms with E-state index >= 15 is 0 Å². The number of rotatable bonds is 9. The van der Waals surface area contributed by atoms with Crippen LogP contribution in [0.1, 0.15) is 21.7 Å². The summed E-state index contributed by atoms with van der Waals surface area (Å²) in [4.78, 5) is 14.4. The number of amides is 1. The highest BCUT2D eigenvalue weighted by atomic mass is 32.2. The number of hydrogen-bond acceptors (Lipinski definition) is 6. The number of furan rings is 1. The van der Waals surface area contributed by atoms with Crippen LogP contribution in [0.25, 0.3) is 0 Å². The summed E-state index contributed by atoms with van der Waals surface area (Å²) >= 11 is 1.69. The highest BCUT2D eigenvalue weighted by molar-refractivity contribution is 7.98. The summed E-state index contributed by atoms with van der Waals surface area (Å²) in [5.74, 6) is 2.29. The molecule has 158 valence electrons. The smallest absolute Gasteiger partial charge is 0.251 e. The lowest BCUT2D eigenvalue weighted by Gasteiger charge is -2.31. The lowest BCUT2D eigenvalue weighted by atomic mass is 10.1. The second kappa shape index (κ2) is 10.3. The predicted octanol–water partition coefficient (Wildman–Crippen LogP) is 2.02. The number of nitrogens with zero attached hydrogens (tertiary/aromatic N) is 2. The maximum Gasteiger partial charge on any atom is 0.251 e. The van der Waals surface area contributed by atoms with Gasteiger partial charge < -0.3 is 14.6 Å². The Morgan fingerprint density at radius 3 is 2.52 bits per heavy atom. The van der Waals surface area contributed by atoms with Gasteiger partial charge in [0.25, 0.3) is 5.91 Å². The third-order valence-electron chi connectivity index (χ3n) is 4.78. The van der Waals surface area contributed by atoms with E-state index in [1.165, 1.54) is 0 Å². The molecule has 1 aromatic heterocycles. The Bertz CT molecular complexity index is 875. The van der Waals surface area contributed by atoms with Gasteiger partial charge in [-0.25, -0.2) is 8.42 Å². The molecular weight excluding hydrogens is 410 g/mol. The van der Waals surface area contributed by atoms with Crippen LogP contribution >= 0.6 is 11.8 Å². The molecule has 0 atom stereocenters. The first-order chi connectivity index (χ1) is 13.9. The number of carbonyl (C=O) groups is 1. The van der Waals surface area contributed by atoms with Gasteiger partial charge in [0.2, 0.25) is 10.0 Å². The number of piperazine rings is 1. The number of thioether (sulfide) groups is 1. The minimum Gasteiger partial charge on any atom is -0.468 e. The number of nitrogens with one attached hydrogen (secondary N) is 1. The van der Waals surface area contributed by atoms with Crippen LogP contribution in [-0.2, 0) is 21.5 Å². The van der Waals surface area contributed by atoms with Gasteiger partial charge in [0.05, 0.1) is 17.8 Å². The van der Waals surface area contributed by atoms with E-state index in [9.17, 15) is 13.2 Å². The van der Waals surface area contributed by atoms with Crippen LogP contribution < -0.4 is 5.32 Å². The molecule has 9 heteroatoms. The minimum atomic E-state index is -3.34. The Balaban J connectivity index is 1.43. The van der Waals surface area contributed by atoms with Crippen molar-refractivity contribution in [1.29, 1.82) is 0 Å². The zero-order chi connectivity index (χ0) is 20.7. The molecule has 7 nitrogen and oxygen atoms in total. The lowest BCUT2D eigenvalue weighted by molar-refractivity contribution is 0.0956. The number of likely N-dealkylation sites (N-methyl/N-ethyl adjacent to an activating group) is 1. The van der Waals surface area contributed by atoms with Crippen molar-refractivity contribution in [2.75, 3.05) is 45.5 Å². The molecule has 1 amide bonds. The van der Waals surface area contributed by atoms with Crippen molar-refractivity contribution in [2.45, 2.75) is 11.5 Å². The predicted molar refractivity (Wildman–Crippen MR) is 115 cm³/mol. The zero-order valence-electron chi connectivity index (χ0n) is 16.5. The van der Waals surface area contributed by atoms with Gasteiger partial charge >= 0.3 is 0 Å². The van der Waals surface area contributed by atoms with Crippen LogP contribution in [0.3, 0.4) is 0 Å². The molecule has 0 aliphatic carbocycles. The molecule has 2 aromatic rings. The molecule has 1 saturated heterocycles. The molecule has 29 heavy (non-hydrogen) atoms. The number of sulfonamides is 1. The normalized spacial score (nSPS) is 16.0. The van der Waals surface area contributed by atoms with Crippen molar-refractivity contribution in [1.82, 2.24) is 14.5 Å². The fourth-order valence-corrected chi connectivity index (χ4v) is 5.30. The monoisotopic (exact) mass is 437 g/mol. The summed E-state index contributed by atoms with van der Waals surface area (Å²) in [7, 11) is -1.34. The average Bonchev–Trinajstić information content (AvgIpc) is 3.22. The molecule has 1 aliphatic rings. The highest BCUT2D eigenvalue weighted by Gasteiger charge is 2.25. The number of hydrogen-bond donors (Lipinski definition) is 1. The largest absolute Gasteiger partial charge is 0.468 e. The number of benzene rings is 1. The molecule has 0 bridgehead atoms. The molecule has 1 aromatic carbocycles. The van der Waals surface area contributed by atoms with E-state index in [1.807, 2.05) is 19.2 Å². The average molecular weight is 438 g/mol. The minimum absolute atomic E-state index is 0.0397. The zero-order valence-corrected chi connectivity index (χ0v) is 18.2. The topological polar surface area (TPSA) is 82.9 Å². The molecule has 1 N–H and O–H groups in total. The fourth-order valence-electron chi connectivity index (χ4n) is 3.03. The quantitative estimate of drug-likeness (QED) is 0.605. The number of carbonyl (C=O) groups excluding carboxylic acids is 1. The molecule has 0 saturated carbocycles. The Labute approximate surface area is 176 Å².